The van der Waals surface area contributed by atoms with E-state index in [2.05, 4.69) is 25.3 Å². The van der Waals surface area contributed by atoms with Crippen molar-refractivity contribution in [2.45, 2.75) is 43.7 Å². The molecule has 17 heteroatoms. The number of benzene rings is 2. The van der Waals surface area contributed by atoms with Crippen molar-refractivity contribution in [3.63, 3.8) is 0 Å². The van der Waals surface area contributed by atoms with Crippen molar-refractivity contribution in [3.05, 3.63) is 64.4 Å². The Morgan fingerprint density at radius 3 is 2.24 bits per heavy atom. The molecule has 0 saturated carbocycles. The molecule has 0 bridgehead atoms. The minimum absolute atomic E-state index is 0.000209. The summed E-state index contributed by atoms with van der Waals surface area (Å²) in [6.45, 7) is 6.45. The number of carbonyl (C=O) groups is 3. The van der Waals surface area contributed by atoms with E-state index in [0.29, 0.717) is 61.2 Å². The van der Waals surface area contributed by atoms with E-state index in [4.69, 9.17) is 5.73 Å². The lowest BCUT2D eigenvalue weighted by molar-refractivity contribution is -0.141. The summed E-state index contributed by atoms with van der Waals surface area (Å²) in [5.74, 6) is -5.20. The van der Waals surface area contributed by atoms with Gasteiger partial charge in [-0.15, -0.1) is 0 Å². The number of hydrogen-bond acceptors (Lipinski definition) is 9. The molecule has 2 aromatic carbocycles. The molecular weight excluding hydrogens is 662 g/mol. The summed E-state index contributed by atoms with van der Waals surface area (Å²) in [4.78, 5) is 44.4. The van der Waals surface area contributed by atoms with Crippen LogP contribution in [0.2, 0.25) is 0 Å². The summed E-state index contributed by atoms with van der Waals surface area (Å²) in [7, 11) is -2.41. The zero-order chi connectivity index (χ0) is 35.4. The number of rotatable bonds is 8. The average molecular weight is 701 g/mol. The Morgan fingerprint density at radius 1 is 0.980 bits per heavy atom. The molecule has 3 aromatic rings. The number of nitrogens with two attached hydrogens (primary N) is 1. The number of nitrogens with one attached hydrogen (secondary N) is 2. The number of halogens is 2. The SMILES string of the molecule is CN1CCN(c2cc(C(N)=O)c(C(=O)Nc3n[nH]c4c3CN(S(=O)(=O)c3cc(F)cc(F)c3)C4(C)C)cc2N2CCCC(C(=O)O)C2)CC1. The van der Waals surface area contributed by atoms with Crippen molar-refractivity contribution >= 4 is 45.0 Å². The first-order valence-electron chi connectivity index (χ1n) is 15.8. The molecule has 1 atom stereocenters. The van der Waals surface area contributed by atoms with E-state index in [1.807, 2.05) is 11.9 Å². The molecule has 1 aromatic heterocycles. The van der Waals surface area contributed by atoms with E-state index < -0.39 is 55.8 Å². The maximum atomic E-state index is 14.0. The molecule has 6 rings (SSSR count). The Bertz CT molecular complexity index is 1920. The first-order valence-corrected chi connectivity index (χ1v) is 17.3. The zero-order valence-electron chi connectivity index (χ0n) is 27.3. The smallest absolute Gasteiger partial charge is 0.308 e. The second-order valence-corrected chi connectivity index (χ2v) is 15.1. The van der Waals surface area contributed by atoms with Crippen LogP contribution in [0.3, 0.4) is 0 Å². The fourth-order valence-corrected chi connectivity index (χ4v) is 8.65. The quantitative estimate of drug-likeness (QED) is 0.272. The molecule has 0 aliphatic carbocycles. The summed E-state index contributed by atoms with van der Waals surface area (Å²) in [5, 5.41) is 19.5. The molecule has 5 N–H and O–H groups in total. The maximum Gasteiger partial charge on any atom is 0.308 e. The number of piperazine rings is 1. The molecule has 0 radical (unpaired) electrons. The molecule has 3 aliphatic heterocycles. The summed E-state index contributed by atoms with van der Waals surface area (Å²) in [5.41, 5.74) is 6.40. The molecular formula is C32H38F2N8O6S. The second-order valence-electron chi connectivity index (χ2n) is 13.2. The number of H-pyrrole nitrogens is 1. The van der Waals surface area contributed by atoms with Gasteiger partial charge in [-0.25, -0.2) is 17.2 Å². The molecule has 3 aliphatic rings. The number of fused-ring (bicyclic) bond motifs is 1. The van der Waals surface area contributed by atoms with Gasteiger partial charge >= 0.3 is 5.97 Å². The topological polar surface area (TPSA) is 185 Å². The van der Waals surface area contributed by atoms with Crippen LogP contribution in [0.5, 0.6) is 0 Å². The third-order valence-electron chi connectivity index (χ3n) is 9.64. The predicted molar refractivity (Wildman–Crippen MR) is 176 cm³/mol. The highest BCUT2D eigenvalue weighted by atomic mass is 32.2. The largest absolute Gasteiger partial charge is 0.481 e. The lowest BCUT2D eigenvalue weighted by Crippen LogP contribution is -2.46. The number of nitrogens with zero attached hydrogens (tertiary/aromatic N) is 5. The van der Waals surface area contributed by atoms with Crippen LogP contribution >= 0.6 is 0 Å². The Kier molecular flexibility index (Phi) is 8.87. The molecule has 262 valence electrons. The molecule has 14 nitrogen and oxygen atoms in total. The van der Waals surface area contributed by atoms with E-state index in [0.717, 1.165) is 29.5 Å². The number of carbonyl (C=O) groups excluding carboxylic acids is 2. The summed E-state index contributed by atoms with van der Waals surface area (Å²) in [6, 6.07) is 5.18. The fourth-order valence-electron chi connectivity index (χ4n) is 6.88. The van der Waals surface area contributed by atoms with Crippen LogP contribution in [0.25, 0.3) is 0 Å². The highest BCUT2D eigenvalue weighted by molar-refractivity contribution is 7.89. The number of likely N-dealkylation sites (N-methyl/N-ethyl adjacent to an activating group) is 1. The standard InChI is InChI=1S/C32H38F2N8O6S/c1-32(2)27-24(17-42(32)49(47,48)21-12-19(33)11-20(34)13-21)29(38-37-27)36-30(44)23-15-26(41-6-4-5-18(16-41)31(45)46)25(14-22(23)28(35)43)40-9-7-39(3)8-10-40/h11-15,18H,4-10,16-17H2,1-3H3,(H2,35,43)(H,45,46)(H2,36,37,38,44). The first kappa shape index (κ1) is 34.3. The Hall–Kier alpha value is -4.61. The highest BCUT2D eigenvalue weighted by Crippen LogP contribution is 2.44. The lowest BCUT2D eigenvalue weighted by Gasteiger charge is -2.39. The van der Waals surface area contributed by atoms with E-state index >= 15 is 0 Å². The van der Waals surface area contributed by atoms with Gasteiger partial charge in [0.25, 0.3) is 5.91 Å². The number of sulfonamides is 1. The number of anilines is 3. The lowest BCUT2D eigenvalue weighted by atomic mass is 9.95. The van der Waals surface area contributed by atoms with Crippen LogP contribution in [-0.4, -0.2) is 97.0 Å². The van der Waals surface area contributed by atoms with Crippen LogP contribution in [0.15, 0.2) is 35.2 Å². The third kappa shape index (κ3) is 6.33. The second kappa shape index (κ2) is 12.7. The van der Waals surface area contributed by atoms with Crippen molar-refractivity contribution in [2.24, 2.45) is 11.7 Å². The minimum Gasteiger partial charge on any atom is -0.481 e. The van der Waals surface area contributed by atoms with E-state index in [-0.39, 0.29) is 30.0 Å². The van der Waals surface area contributed by atoms with Gasteiger partial charge in [-0.2, -0.15) is 9.40 Å². The summed E-state index contributed by atoms with van der Waals surface area (Å²) >= 11 is 0. The van der Waals surface area contributed by atoms with Gasteiger partial charge < -0.3 is 30.9 Å². The Balaban J connectivity index is 1.36. The molecule has 4 heterocycles. The molecule has 0 spiro atoms. The van der Waals surface area contributed by atoms with Gasteiger partial charge in [-0.05, 0) is 58.0 Å². The van der Waals surface area contributed by atoms with Crippen LogP contribution in [0.4, 0.5) is 26.0 Å². The molecule has 49 heavy (non-hydrogen) atoms. The molecule has 1 unspecified atom stereocenters. The van der Waals surface area contributed by atoms with Gasteiger partial charge in [-0.3, -0.25) is 19.5 Å². The summed E-state index contributed by atoms with van der Waals surface area (Å²) < 4.78 is 56.2. The van der Waals surface area contributed by atoms with Crippen molar-refractivity contribution in [3.8, 4) is 0 Å². The maximum absolute atomic E-state index is 14.0. The van der Waals surface area contributed by atoms with Crippen molar-refractivity contribution in [1.82, 2.24) is 19.4 Å². The van der Waals surface area contributed by atoms with Gasteiger partial charge in [0.1, 0.15) is 11.6 Å². The Labute approximate surface area is 281 Å². The number of primary amides is 1. The number of carboxylic acids is 1. The van der Waals surface area contributed by atoms with Gasteiger partial charge in [-0.1, -0.05) is 0 Å². The normalized spacial score (nSPS) is 19.9. The fraction of sp³-hybridized carbons (Fsp3) is 0.438. The molecule has 2 saturated heterocycles. The van der Waals surface area contributed by atoms with Gasteiger partial charge in [0, 0.05) is 57.4 Å². The van der Waals surface area contributed by atoms with Crippen molar-refractivity contribution < 1.29 is 36.7 Å². The summed E-state index contributed by atoms with van der Waals surface area (Å²) in [6.07, 6.45) is 1.14. The molecule has 2 fully saturated rings. The van der Waals surface area contributed by atoms with Crippen molar-refractivity contribution in [1.29, 1.82) is 0 Å². The van der Waals surface area contributed by atoms with E-state index in [9.17, 15) is 36.7 Å². The monoisotopic (exact) mass is 700 g/mol. The number of aliphatic carboxylic acids is 1. The van der Waals surface area contributed by atoms with Crippen molar-refractivity contribution in [2.75, 3.05) is 61.4 Å². The van der Waals surface area contributed by atoms with Crippen LogP contribution in [0.1, 0.15) is 58.7 Å². The predicted octanol–water partition coefficient (Wildman–Crippen LogP) is 2.53. The highest BCUT2D eigenvalue weighted by Gasteiger charge is 2.48. The number of aromatic nitrogens is 2. The van der Waals surface area contributed by atoms with Gasteiger partial charge in [0.05, 0.1) is 44.5 Å². The average Bonchev–Trinajstić information content (AvgIpc) is 3.57. The number of aromatic amines is 1. The van der Waals surface area contributed by atoms with E-state index in [1.54, 1.807) is 26.0 Å². The number of piperidine rings is 1. The van der Waals surface area contributed by atoms with Crippen LogP contribution in [-0.2, 0) is 26.9 Å². The first-order chi connectivity index (χ1) is 23.1. The Morgan fingerprint density at radius 2 is 1.61 bits per heavy atom. The number of hydrogen-bond donors (Lipinski definition) is 4. The van der Waals surface area contributed by atoms with Gasteiger partial charge in [0.15, 0.2) is 5.82 Å². The number of carboxylic acid groups (broad SMARTS) is 1. The zero-order valence-corrected chi connectivity index (χ0v) is 28.1. The van der Waals surface area contributed by atoms with Crippen LogP contribution < -0.4 is 20.9 Å². The molecule has 2 amide bonds. The minimum atomic E-state index is -4.42. The van der Waals surface area contributed by atoms with Gasteiger partial charge in [0.2, 0.25) is 15.9 Å². The number of amides is 2. The van der Waals surface area contributed by atoms with Crippen LogP contribution in [0, 0.1) is 17.6 Å². The van der Waals surface area contributed by atoms with E-state index in [1.165, 1.54) is 0 Å². The third-order valence-corrected chi connectivity index (χ3v) is 11.6.